The minimum Gasteiger partial charge on any atom is -0.460 e. The molecule has 3 N–H and O–H groups in total. The molecule has 0 amide bonds. The number of rotatable bonds is 19. The molecule has 0 radical (unpaired) electrons. The first kappa shape index (κ1) is 40.6. The fraction of sp³-hybridized carbons (Fsp3) is 0.405. The number of para-hydroxylation sites is 1. The van der Waals surface area contributed by atoms with Gasteiger partial charge in [0, 0.05) is 25.4 Å². The molecule has 0 saturated heterocycles. The predicted molar refractivity (Wildman–Crippen MR) is 194 cm³/mol. The number of ether oxygens (including phenoxy) is 3. The summed E-state index contributed by atoms with van der Waals surface area (Å²) >= 11 is 0. The molecule has 0 fully saturated rings. The molecule has 4 rings (SSSR count). The Morgan fingerprint density at radius 2 is 1.62 bits per heavy atom. The molecule has 0 aliphatic rings. The number of nitrogens with zero attached hydrogens (tertiary/aromatic N) is 4. The van der Waals surface area contributed by atoms with Gasteiger partial charge in [0.2, 0.25) is 5.60 Å². The topological polar surface area (TPSA) is 206 Å². The van der Waals surface area contributed by atoms with Crippen molar-refractivity contribution in [3.63, 3.8) is 0 Å². The van der Waals surface area contributed by atoms with Crippen LogP contribution in [-0.4, -0.2) is 63.8 Å². The lowest BCUT2D eigenvalue weighted by molar-refractivity contribution is -0.173. The maximum atomic E-state index is 14.6. The summed E-state index contributed by atoms with van der Waals surface area (Å²) in [6.45, 7) is 7.20. The van der Waals surface area contributed by atoms with Gasteiger partial charge in [0.25, 0.3) is 0 Å². The Morgan fingerprint density at radius 1 is 0.962 bits per heavy atom. The van der Waals surface area contributed by atoms with Gasteiger partial charge in [-0.25, -0.2) is 14.1 Å². The normalized spacial score (nSPS) is 15.5. The molecule has 15 nitrogen and oxygen atoms in total. The van der Waals surface area contributed by atoms with Crippen molar-refractivity contribution >= 4 is 36.8 Å². The van der Waals surface area contributed by atoms with Crippen molar-refractivity contribution in [3.8, 4) is 11.8 Å². The fourth-order valence-corrected chi connectivity index (χ4v) is 6.79. The second kappa shape index (κ2) is 18.1. The molecule has 0 bridgehead atoms. The first-order chi connectivity index (χ1) is 25.2. The van der Waals surface area contributed by atoms with Crippen LogP contribution >= 0.6 is 7.75 Å². The zero-order valence-electron chi connectivity index (χ0n) is 30.5. The van der Waals surface area contributed by atoms with Crippen molar-refractivity contribution in [1.29, 1.82) is 5.26 Å². The Kier molecular flexibility index (Phi) is 13.9. The molecular weight excluding hydrogens is 703 g/mol. The number of nitrogen functional groups attached to an aromatic ring is 1. The summed E-state index contributed by atoms with van der Waals surface area (Å²) in [5.74, 6) is -3.58. The van der Waals surface area contributed by atoms with Crippen LogP contribution in [0.3, 0.4) is 0 Å². The quantitative estimate of drug-likeness (QED) is 0.0909. The number of nitrogens with two attached hydrogens (primary N) is 1. The van der Waals surface area contributed by atoms with E-state index in [1.807, 2.05) is 6.07 Å². The van der Waals surface area contributed by atoms with E-state index in [1.165, 1.54) is 37.0 Å². The second-order valence-electron chi connectivity index (χ2n) is 13.0. The summed E-state index contributed by atoms with van der Waals surface area (Å²) in [5.41, 5.74) is 5.41. The Balaban J connectivity index is 1.75. The smallest absolute Gasteiger partial charge is 0.459 e. The number of hydrogen-bond donors (Lipinski definition) is 2. The van der Waals surface area contributed by atoms with Gasteiger partial charge in [-0.3, -0.25) is 18.9 Å². The highest BCUT2D eigenvalue weighted by atomic mass is 31.2. The van der Waals surface area contributed by atoms with E-state index in [1.54, 1.807) is 82.3 Å². The Bertz CT molecular complexity index is 1950. The highest BCUT2D eigenvalue weighted by Crippen LogP contribution is 2.47. The number of carbonyl (C=O) groups excluding carboxylic acids is 3. The van der Waals surface area contributed by atoms with Gasteiger partial charge in [-0.15, -0.1) is 0 Å². The first-order valence-electron chi connectivity index (χ1n) is 17.0. The minimum absolute atomic E-state index is 0.0397. The Morgan fingerprint density at radius 3 is 2.23 bits per heavy atom. The zero-order chi connectivity index (χ0) is 38.8. The van der Waals surface area contributed by atoms with E-state index in [9.17, 15) is 24.2 Å². The SMILES string of the molecule is COC(C#N)(COP(=O)(N[C@@H](C)C(=O)OCc1ccccc1)Oc1ccccc1)[C@@H](OC(=O)C(C)C)[C@@H](CC(=O)C(C)C)c1ccc2c(N)ncnn12. The van der Waals surface area contributed by atoms with E-state index >= 15 is 0 Å². The van der Waals surface area contributed by atoms with Crippen LogP contribution in [0.25, 0.3) is 5.52 Å². The van der Waals surface area contributed by atoms with Gasteiger partial charge in [-0.1, -0.05) is 76.2 Å². The Labute approximate surface area is 308 Å². The number of esters is 2. The third kappa shape index (κ3) is 10.3. The third-order valence-electron chi connectivity index (χ3n) is 8.40. The predicted octanol–water partition coefficient (Wildman–Crippen LogP) is 5.41. The maximum absolute atomic E-state index is 14.6. The van der Waals surface area contributed by atoms with Crippen molar-refractivity contribution in [2.24, 2.45) is 11.8 Å². The maximum Gasteiger partial charge on any atom is 0.459 e. The molecule has 5 atom stereocenters. The number of aromatic nitrogens is 3. The summed E-state index contributed by atoms with van der Waals surface area (Å²) in [6, 6.07) is 21.2. The van der Waals surface area contributed by atoms with Crippen molar-refractivity contribution in [2.45, 2.75) is 71.3 Å². The van der Waals surface area contributed by atoms with Crippen molar-refractivity contribution < 1.29 is 42.2 Å². The first-order valence-corrected chi connectivity index (χ1v) is 18.5. The molecule has 53 heavy (non-hydrogen) atoms. The molecule has 282 valence electrons. The van der Waals surface area contributed by atoms with E-state index in [0.717, 1.165) is 5.56 Å². The number of methoxy groups -OCH3 is 1. The minimum atomic E-state index is -4.57. The number of benzene rings is 2. The van der Waals surface area contributed by atoms with Crippen LogP contribution in [0.5, 0.6) is 5.75 Å². The lowest BCUT2D eigenvalue weighted by Gasteiger charge is -2.38. The molecule has 16 heteroatoms. The molecule has 0 aliphatic carbocycles. The largest absolute Gasteiger partial charge is 0.460 e. The number of nitrogens with one attached hydrogen (secondary N) is 1. The van der Waals surface area contributed by atoms with Crippen LogP contribution in [0.15, 0.2) is 79.1 Å². The standard InChI is InChI=1S/C37H45N6O9P/c1-24(2)32(44)19-29(30-17-18-31-34(39)40-23-41-43(30)31)33(51-35(45)25(3)4)37(21-38,48-6)22-50-53(47,52-28-15-11-8-12-16-28)42-26(5)36(46)49-20-27-13-9-7-10-14-27/h7-18,23-26,29,33H,19-20,22H2,1-6H3,(H,42,47)(H2,39,40,41)/t26-,29-,33-,37?,53?/m0/s1. The number of anilines is 1. The molecule has 0 aliphatic heterocycles. The lowest BCUT2D eigenvalue weighted by Crippen LogP contribution is -2.53. The highest BCUT2D eigenvalue weighted by molar-refractivity contribution is 7.52. The number of hydrogen-bond acceptors (Lipinski definition) is 13. The second-order valence-corrected chi connectivity index (χ2v) is 14.7. The van der Waals surface area contributed by atoms with Gasteiger partial charge in [0.15, 0.2) is 11.9 Å². The molecular formula is C37H45N6O9P. The van der Waals surface area contributed by atoms with Crippen molar-refractivity contribution in [3.05, 3.63) is 90.4 Å². The van der Waals surface area contributed by atoms with Gasteiger partial charge >= 0.3 is 19.7 Å². The molecule has 2 unspecified atom stereocenters. The molecule has 2 heterocycles. The summed E-state index contributed by atoms with van der Waals surface area (Å²) < 4.78 is 45.1. The number of ketones is 1. The Hall–Kier alpha value is -5.13. The number of carbonyl (C=O) groups is 3. The average Bonchev–Trinajstić information content (AvgIpc) is 3.58. The molecule has 2 aromatic heterocycles. The van der Waals surface area contributed by atoms with Crippen LogP contribution < -0.4 is 15.3 Å². The molecule has 4 aromatic rings. The van der Waals surface area contributed by atoms with Crippen LogP contribution in [0.1, 0.15) is 58.2 Å². The van der Waals surface area contributed by atoms with Gasteiger partial charge in [-0.05, 0) is 36.8 Å². The van der Waals surface area contributed by atoms with Gasteiger partial charge in [0.05, 0.1) is 11.6 Å². The fourth-order valence-electron chi connectivity index (χ4n) is 5.27. The summed E-state index contributed by atoms with van der Waals surface area (Å²) in [6.07, 6.45) is -0.548. The molecule has 0 saturated carbocycles. The molecule has 0 spiro atoms. The van der Waals surface area contributed by atoms with Crippen LogP contribution in [-0.2, 0) is 44.3 Å². The van der Waals surface area contributed by atoms with Crippen molar-refractivity contribution in [2.75, 3.05) is 19.5 Å². The summed E-state index contributed by atoms with van der Waals surface area (Å²) in [4.78, 5) is 43.9. The number of nitriles is 1. The van der Waals surface area contributed by atoms with E-state index in [0.29, 0.717) is 11.2 Å². The van der Waals surface area contributed by atoms with Crippen molar-refractivity contribution in [1.82, 2.24) is 19.7 Å². The highest BCUT2D eigenvalue weighted by Gasteiger charge is 2.51. The van der Waals surface area contributed by atoms with E-state index in [-0.39, 0.29) is 30.4 Å². The lowest BCUT2D eigenvalue weighted by atomic mass is 9.81. The zero-order valence-corrected chi connectivity index (χ0v) is 31.4. The summed E-state index contributed by atoms with van der Waals surface area (Å²) in [5, 5.41) is 17.8. The summed E-state index contributed by atoms with van der Waals surface area (Å²) in [7, 11) is -3.38. The number of fused-ring (bicyclic) bond motifs is 1. The van der Waals surface area contributed by atoms with E-state index < -0.39 is 61.8 Å². The van der Waals surface area contributed by atoms with Crippen LogP contribution in [0.4, 0.5) is 5.82 Å². The van der Waals surface area contributed by atoms with Gasteiger partial charge < -0.3 is 24.5 Å². The van der Waals surface area contributed by atoms with Gasteiger partial charge in [-0.2, -0.15) is 15.4 Å². The monoisotopic (exact) mass is 748 g/mol. The van der Waals surface area contributed by atoms with Crippen LogP contribution in [0, 0.1) is 23.2 Å². The van der Waals surface area contributed by atoms with Gasteiger partial charge in [0.1, 0.15) is 48.7 Å². The third-order valence-corrected chi connectivity index (χ3v) is 10.0. The van der Waals surface area contributed by atoms with E-state index in [4.69, 9.17) is 29.0 Å². The van der Waals surface area contributed by atoms with E-state index in [2.05, 4.69) is 21.2 Å². The average molecular weight is 749 g/mol. The van der Waals surface area contributed by atoms with Crippen LogP contribution in [0.2, 0.25) is 0 Å². The molecule has 2 aromatic carbocycles. The number of Topliss-reactive ketones (excluding diaryl/α,β-unsaturated/α-hetero) is 1.